The molecule has 1 aliphatic carbocycles. The van der Waals surface area contributed by atoms with Crippen LogP contribution in [0.5, 0.6) is 0 Å². The zero-order chi connectivity index (χ0) is 24.1. The van der Waals surface area contributed by atoms with Crippen molar-refractivity contribution in [3.05, 3.63) is 16.0 Å². The summed E-state index contributed by atoms with van der Waals surface area (Å²) in [5.41, 5.74) is 1.48. The molecule has 188 valence electrons. The van der Waals surface area contributed by atoms with E-state index in [9.17, 15) is 19.5 Å². The normalized spacial score (nSPS) is 27.7. The fraction of sp³-hybridized carbons (Fsp3) is 0.731. The molecule has 2 N–H and O–H groups in total. The van der Waals surface area contributed by atoms with Gasteiger partial charge in [-0.2, -0.15) is 0 Å². The summed E-state index contributed by atoms with van der Waals surface area (Å²) in [7, 11) is 0. The number of aliphatic carboxylic acids is 1. The number of aryl methyl sites for hydroxylation is 1. The molecule has 3 heterocycles. The molecular formula is C26H37NO6S. The van der Waals surface area contributed by atoms with E-state index in [-0.39, 0.29) is 18.6 Å². The van der Waals surface area contributed by atoms with E-state index in [1.54, 1.807) is 6.92 Å². The fourth-order valence-electron chi connectivity index (χ4n) is 5.83. The molecule has 2 aliphatic heterocycles. The first kappa shape index (κ1) is 25.2. The van der Waals surface area contributed by atoms with Gasteiger partial charge in [0.1, 0.15) is 5.00 Å². The largest absolute Gasteiger partial charge is 0.481 e. The van der Waals surface area contributed by atoms with Crippen molar-refractivity contribution in [2.45, 2.75) is 103 Å². The molecule has 1 amide bonds. The average molecular weight is 492 g/mol. The van der Waals surface area contributed by atoms with E-state index in [0.29, 0.717) is 23.4 Å². The Bertz CT molecular complexity index is 896. The zero-order valence-electron chi connectivity index (χ0n) is 20.1. The highest BCUT2D eigenvalue weighted by Crippen LogP contribution is 2.45. The molecule has 0 unspecified atom stereocenters. The number of carbonyl (C=O) groups excluding carboxylic acids is 2. The molecule has 0 spiro atoms. The van der Waals surface area contributed by atoms with Crippen LogP contribution in [0.1, 0.15) is 98.4 Å². The smallest absolute Gasteiger partial charge is 0.341 e. The summed E-state index contributed by atoms with van der Waals surface area (Å²) in [6.07, 6.45) is 12.9. The minimum Gasteiger partial charge on any atom is -0.481 e. The number of fused-ring (bicyclic) bond motifs is 3. The van der Waals surface area contributed by atoms with E-state index in [4.69, 9.17) is 9.47 Å². The van der Waals surface area contributed by atoms with Gasteiger partial charge in [-0.25, -0.2) is 4.79 Å². The van der Waals surface area contributed by atoms with Crippen molar-refractivity contribution in [2.75, 3.05) is 11.9 Å². The maximum Gasteiger partial charge on any atom is 0.341 e. The Morgan fingerprint density at radius 1 is 0.941 bits per heavy atom. The van der Waals surface area contributed by atoms with Gasteiger partial charge in [-0.15, -0.1) is 11.3 Å². The summed E-state index contributed by atoms with van der Waals surface area (Å²) in [5, 5.41) is 13.2. The van der Waals surface area contributed by atoms with Gasteiger partial charge >= 0.3 is 11.9 Å². The number of nitrogens with one attached hydrogen (secondary N) is 1. The minimum absolute atomic E-state index is 0.262. The molecule has 4 rings (SSSR count). The molecule has 8 heteroatoms. The van der Waals surface area contributed by atoms with Crippen LogP contribution in [-0.4, -0.2) is 41.8 Å². The van der Waals surface area contributed by atoms with Crippen molar-refractivity contribution >= 4 is 34.2 Å². The molecule has 7 nitrogen and oxygen atoms in total. The number of carboxylic acids is 1. The van der Waals surface area contributed by atoms with Gasteiger partial charge in [0, 0.05) is 4.88 Å². The molecule has 0 aromatic carbocycles. The van der Waals surface area contributed by atoms with Gasteiger partial charge in [-0.1, -0.05) is 44.9 Å². The van der Waals surface area contributed by atoms with Crippen LogP contribution >= 0.6 is 11.3 Å². The van der Waals surface area contributed by atoms with Gasteiger partial charge < -0.3 is 19.9 Å². The molecule has 0 radical (unpaired) electrons. The maximum absolute atomic E-state index is 13.3. The standard InChI is InChI=1S/C26H37NO6S/c1-2-32-26(31)20-16-12-10-8-6-4-3-5-7-9-11-13-19(16)34-24(20)27-23(28)21-17-14-15-18(33-17)22(21)25(29)30/h17-18,21-22H,2-15H2,1H3,(H,27,28)(H,29,30)/t17-,18-,21-,22+/m1/s1. The van der Waals surface area contributed by atoms with Gasteiger partial charge in [0.2, 0.25) is 5.91 Å². The van der Waals surface area contributed by atoms with E-state index < -0.39 is 29.9 Å². The lowest BCUT2D eigenvalue weighted by atomic mass is 9.78. The Hall–Kier alpha value is -1.93. The second kappa shape index (κ2) is 11.7. The Kier molecular flexibility index (Phi) is 8.64. The van der Waals surface area contributed by atoms with Crippen molar-refractivity contribution in [2.24, 2.45) is 11.8 Å². The molecule has 2 bridgehead atoms. The summed E-state index contributed by atoms with van der Waals surface area (Å²) in [6.45, 7) is 2.04. The van der Waals surface area contributed by atoms with Crippen molar-refractivity contribution in [3.63, 3.8) is 0 Å². The van der Waals surface area contributed by atoms with Crippen LogP contribution in [0.15, 0.2) is 0 Å². The number of anilines is 1. The number of hydrogen-bond donors (Lipinski definition) is 2. The molecule has 1 aromatic rings. The Morgan fingerprint density at radius 2 is 1.53 bits per heavy atom. The summed E-state index contributed by atoms with van der Waals surface area (Å²) in [6, 6.07) is 0. The number of ether oxygens (including phenoxy) is 2. The van der Waals surface area contributed by atoms with Crippen LogP contribution in [0.2, 0.25) is 0 Å². The maximum atomic E-state index is 13.3. The van der Waals surface area contributed by atoms with Crippen LogP contribution in [0.25, 0.3) is 0 Å². The number of hydrogen-bond acceptors (Lipinski definition) is 6. The highest BCUT2D eigenvalue weighted by molar-refractivity contribution is 7.17. The number of carbonyl (C=O) groups is 3. The topological polar surface area (TPSA) is 102 Å². The Balaban J connectivity index is 1.61. The quantitative estimate of drug-likeness (QED) is 0.538. The monoisotopic (exact) mass is 491 g/mol. The third-order valence-electron chi connectivity index (χ3n) is 7.50. The molecule has 0 saturated carbocycles. The Morgan fingerprint density at radius 3 is 2.15 bits per heavy atom. The second-order valence-electron chi connectivity index (χ2n) is 9.78. The average Bonchev–Trinajstić information content (AvgIpc) is 3.50. The molecule has 3 aliphatic rings. The predicted octanol–water partition coefficient (Wildman–Crippen LogP) is 5.35. The van der Waals surface area contributed by atoms with Crippen molar-refractivity contribution < 1.29 is 29.0 Å². The van der Waals surface area contributed by atoms with Crippen LogP contribution < -0.4 is 5.32 Å². The van der Waals surface area contributed by atoms with Gasteiger partial charge in [-0.3, -0.25) is 9.59 Å². The third-order valence-corrected chi connectivity index (χ3v) is 8.71. The lowest BCUT2D eigenvalue weighted by Gasteiger charge is -2.23. The molecule has 2 saturated heterocycles. The second-order valence-corrected chi connectivity index (χ2v) is 10.9. The number of rotatable bonds is 5. The Labute approximate surface area is 205 Å². The van der Waals surface area contributed by atoms with Gasteiger partial charge in [0.25, 0.3) is 0 Å². The summed E-state index contributed by atoms with van der Waals surface area (Å²) in [4.78, 5) is 39.4. The summed E-state index contributed by atoms with van der Waals surface area (Å²) < 4.78 is 11.2. The number of esters is 1. The van der Waals surface area contributed by atoms with E-state index in [1.165, 1.54) is 43.4 Å². The minimum atomic E-state index is -0.994. The van der Waals surface area contributed by atoms with E-state index in [2.05, 4.69) is 5.32 Å². The highest BCUT2D eigenvalue weighted by atomic mass is 32.1. The lowest BCUT2D eigenvalue weighted by Crippen LogP contribution is -2.41. The predicted molar refractivity (Wildman–Crippen MR) is 130 cm³/mol. The zero-order valence-corrected chi connectivity index (χ0v) is 20.9. The van der Waals surface area contributed by atoms with Gasteiger partial charge in [0.15, 0.2) is 0 Å². The number of thiophene rings is 1. The number of amides is 1. The fourth-order valence-corrected chi connectivity index (χ4v) is 7.11. The number of carboxylic acid groups (broad SMARTS) is 1. The van der Waals surface area contributed by atoms with Crippen LogP contribution in [-0.2, 0) is 31.9 Å². The van der Waals surface area contributed by atoms with Gasteiger partial charge in [0.05, 0.1) is 36.2 Å². The van der Waals surface area contributed by atoms with Crippen LogP contribution in [0.4, 0.5) is 5.00 Å². The van der Waals surface area contributed by atoms with E-state index >= 15 is 0 Å². The molecular weight excluding hydrogens is 454 g/mol. The SMILES string of the molecule is CCOC(=O)c1c(NC(=O)[C@H]2[C@@H](C(=O)O)[C@H]3CC[C@H]2O3)sc2c1CCCCCCCCCCC2. The van der Waals surface area contributed by atoms with E-state index in [0.717, 1.165) is 49.0 Å². The van der Waals surface area contributed by atoms with E-state index in [1.807, 2.05) is 0 Å². The van der Waals surface area contributed by atoms with Crippen molar-refractivity contribution in [3.8, 4) is 0 Å². The molecule has 2 fully saturated rings. The van der Waals surface area contributed by atoms with Crippen molar-refractivity contribution in [1.82, 2.24) is 0 Å². The van der Waals surface area contributed by atoms with Crippen LogP contribution in [0, 0.1) is 11.8 Å². The summed E-state index contributed by atoms with van der Waals surface area (Å²) >= 11 is 1.47. The summed E-state index contributed by atoms with van der Waals surface area (Å²) in [5.74, 6) is -3.34. The lowest BCUT2D eigenvalue weighted by molar-refractivity contribution is -0.147. The van der Waals surface area contributed by atoms with Crippen molar-refractivity contribution in [1.29, 1.82) is 0 Å². The van der Waals surface area contributed by atoms with Crippen LogP contribution in [0.3, 0.4) is 0 Å². The molecule has 4 atom stereocenters. The first-order chi connectivity index (χ1) is 16.5. The highest BCUT2D eigenvalue weighted by Gasteiger charge is 2.55. The first-order valence-electron chi connectivity index (χ1n) is 13.0. The first-order valence-corrected chi connectivity index (χ1v) is 13.8. The third kappa shape index (κ3) is 5.48. The molecule has 34 heavy (non-hydrogen) atoms. The van der Waals surface area contributed by atoms with Gasteiger partial charge in [-0.05, 0) is 51.0 Å². The molecule has 1 aromatic heterocycles.